The Morgan fingerprint density at radius 2 is 1.52 bits per heavy atom. The highest BCUT2D eigenvalue weighted by Gasteiger charge is 2.09. The van der Waals surface area contributed by atoms with Gasteiger partial charge in [0.25, 0.3) is 0 Å². The van der Waals surface area contributed by atoms with E-state index in [-0.39, 0.29) is 0 Å². The number of carbonyl (C=O) groups is 1. The van der Waals surface area contributed by atoms with E-state index in [2.05, 4.69) is 5.32 Å². The number of hydrogen-bond donors (Lipinski definition) is 1. The first kappa shape index (κ1) is 15.0. The van der Waals surface area contributed by atoms with E-state index in [1.54, 1.807) is 49.6 Å². The fourth-order valence-electron chi connectivity index (χ4n) is 1.61. The molecule has 0 atom stereocenters. The Balaban J connectivity index is 2.00. The van der Waals surface area contributed by atoms with Crippen molar-refractivity contribution < 1.29 is 19.0 Å². The number of benzene rings is 2. The maximum atomic E-state index is 11.8. The molecule has 1 amide bonds. The van der Waals surface area contributed by atoms with Crippen molar-refractivity contribution >= 4 is 23.4 Å². The minimum Gasteiger partial charge on any atom is -0.497 e. The van der Waals surface area contributed by atoms with Gasteiger partial charge in [-0.3, -0.25) is 5.32 Å². The molecule has 110 valence electrons. The summed E-state index contributed by atoms with van der Waals surface area (Å²) in [6.45, 7) is 0. The zero-order valence-corrected chi connectivity index (χ0v) is 12.3. The quantitative estimate of drug-likeness (QED) is 0.928. The van der Waals surface area contributed by atoms with Crippen LogP contribution in [0.5, 0.6) is 17.2 Å². The zero-order valence-electron chi connectivity index (χ0n) is 11.6. The molecule has 0 aromatic heterocycles. The van der Waals surface area contributed by atoms with Crippen molar-refractivity contribution in [3.8, 4) is 17.2 Å². The van der Waals surface area contributed by atoms with Crippen molar-refractivity contribution in [3.05, 3.63) is 47.5 Å². The summed E-state index contributed by atoms with van der Waals surface area (Å²) in [6.07, 6.45) is -0.632. The molecule has 1 N–H and O–H groups in total. The van der Waals surface area contributed by atoms with Crippen molar-refractivity contribution in [1.29, 1.82) is 0 Å². The number of amides is 1. The van der Waals surface area contributed by atoms with Crippen LogP contribution in [0.4, 0.5) is 10.5 Å². The number of hydrogen-bond acceptors (Lipinski definition) is 4. The number of anilines is 1. The van der Waals surface area contributed by atoms with Gasteiger partial charge in [0.05, 0.1) is 24.9 Å². The van der Waals surface area contributed by atoms with E-state index in [1.807, 2.05) is 0 Å². The second kappa shape index (κ2) is 6.85. The third-order valence-corrected chi connectivity index (χ3v) is 3.00. The molecule has 2 aromatic rings. The van der Waals surface area contributed by atoms with E-state index in [9.17, 15) is 4.79 Å². The number of ether oxygens (including phenoxy) is 3. The first-order valence-corrected chi connectivity index (χ1v) is 6.46. The lowest BCUT2D eigenvalue weighted by molar-refractivity contribution is 0.215. The van der Waals surface area contributed by atoms with Gasteiger partial charge in [0.2, 0.25) is 0 Å². The molecule has 2 rings (SSSR count). The minimum absolute atomic E-state index is 0.362. The summed E-state index contributed by atoms with van der Waals surface area (Å²) in [5, 5.41) is 2.92. The molecular formula is C15H14ClNO4. The number of methoxy groups -OCH3 is 2. The van der Waals surface area contributed by atoms with Crippen LogP contribution in [0.25, 0.3) is 0 Å². The van der Waals surface area contributed by atoms with Crippen LogP contribution in [0.15, 0.2) is 42.5 Å². The van der Waals surface area contributed by atoms with Gasteiger partial charge >= 0.3 is 6.09 Å². The molecule has 5 nitrogen and oxygen atoms in total. The van der Waals surface area contributed by atoms with Gasteiger partial charge in [0.15, 0.2) is 0 Å². The van der Waals surface area contributed by atoms with Crippen LogP contribution in [0.2, 0.25) is 5.02 Å². The molecule has 0 unspecified atom stereocenters. The first-order valence-electron chi connectivity index (χ1n) is 6.09. The van der Waals surface area contributed by atoms with E-state index in [1.165, 1.54) is 7.11 Å². The van der Waals surface area contributed by atoms with E-state index < -0.39 is 6.09 Å². The van der Waals surface area contributed by atoms with Gasteiger partial charge in [-0.25, -0.2) is 4.79 Å². The Bertz CT molecular complexity index is 628. The number of rotatable bonds is 4. The molecule has 21 heavy (non-hydrogen) atoms. The van der Waals surface area contributed by atoms with Crippen molar-refractivity contribution in [2.24, 2.45) is 0 Å². The summed E-state index contributed by atoms with van der Waals surface area (Å²) in [5.74, 6) is 1.69. The van der Waals surface area contributed by atoms with Crippen LogP contribution in [-0.2, 0) is 0 Å². The lowest BCUT2D eigenvalue weighted by Gasteiger charge is -2.09. The summed E-state index contributed by atoms with van der Waals surface area (Å²) in [5.41, 5.74) is 0.441. The van der Waals surface area contributed by atoms with E-state index >= 15 is 0 Å². The van der Waals surface area contributed by atoms with Gasteiger partial charge < -0.3 is 14.2 Å². The largest absolute Gasteiger partial charge is 0.497 e. The summed E-state index contributed by atoms with van der Waals surface area (Å²) in [7, 11) is 3.10. The van der Waals surface area contributed by atoms with E-state index in [0.29, 0.717) is 28.0 Å². The average molecular weight is 308 g/mol. The highest BCUT2D eigenvalue weighted by atomic mass is 35.5. The fraction of sp³-hybridized carbons (Fsp3) is 0.133. The molecule has 0 bridgehead atoms. The molecule has 0 aliphatic carbocycles. The summed E-state index contributed by atoms with van der Waals surface area (Å²) < 4.78 is 15.2. The second-order valence-corrected chi connectivity index (χ2v) is 4.44. The van der Waals surface area contributed by atoms with Crippen molar-refractivity contribution in [1.82, 2.24) is 0 Å². The number of carbonyl (C=O) groups excluding carboxylic acids is 1. The van der Waals surface area contributed by atoms with Crippen molar-refractivity contribution in [2.45, 2.75) is 0 Å². The predicted octanol–water partition coefficient (Wildman–Crippen LogP) is 3.97. The Kier molecular flexibility index (Phi) is 4.90. The number of nitrogens with one attached hydrogen (secondary N) is 1. The summed E-state index contributed by atoms with van der Waals surface area (Å²) in [4.78, 5) is 11.8. The van der Waals surface area contributed by atoms with Crippen molar-refractivity contribution in [3.63, 3.8) is 0 Å². The molecular weight excluding hydrogens is 294 g/mol. The van der Waals surface area contributed by atoms with Crippen LogP contribution in [0.3, 0.4) is 0 Å². The molecule has 0 aliphatic heterocycles. The Hall–Kier alpha value is -2.40. The number of halogens is 1. The van der Waals surface area contributed by atoms with Crippen LogP contribution in [0, 0.1) is 0 Å². The fourth-order valence-corrected chi connectivity index (χ4v) is 1.83. The molecule has 0 aliphatic rings. The van der Waals surface area contributed by atoms with E-state index in [4.69, 9.17) is 25.8 Å². The van der Waals surface area contributed by atoms with Gasteiger partial charge in [-0.1, -0.05) is 11.6 Å². The molecule has 0 spiro atoms. The van der Waals surface area contributed by atoms with Crippen molar-refractivity contribution in [2.75, 3.05) is 19.5 Å². The van der Waals surface area contributed by atoms with Gasteiger partial charge in [-0.05, 0) is 36.4 Å². The molecule has 0 saturated heterocycles. The second-order valence-electron chi connectivity index (χ2n) is 4.04. The minimum atomic E-state index is -0.632. The molecule has 0 radical (unpaired) electrons. The lowest BCUT2D eigenvalue weighted by atomic mass is 10.3. The molecule has 6 heteroatoms. The predicted molar refractivity (Wildman–Crippen MR) is 80.6 cm³/mol. The maximum Gasteiger partial charge on any atom is 0.417 e. The van der Waals surface area contributed by atoms with Crippen LogP contribution < -0.4 is 19.5 Å². The third kappa shape index (κ3) is 4.03. The molecule has 0 fully saturated rings. The van der Waals surface area contributed by atoms with Gasteiger partial charge in [0, 0.05) is 6.07 Å². The highest BCUT2D eigenvalue weighted by Crippen LogP contribution is 2.27. The standard InChI is InChI=1S/C15H14ClNO4/c1-19-10-3-5-11(6-4-10)21-15(18)17-14-8-7-12(20-2)9-13(14)16/h3-9H,1-2H3,(H,17,18). The van der Waals surface area contributed by atoms with Crippen LogP contribution >= 0.6 is 11.6 Å². The van der Waals surface area contributed by atoms with E-state index in [0.717, 1.165) is 0 Å². The average Bonchev–Trinajstić information content (AvgIpc) is 2.50. The third-order valence-electron chi connectivity index (χ3n) is 2.68. The summed E-state index contributed by atoms with van der Waals surface area (Å²) in [6, 6.07) is 11.6. The Morgan fingerprint density at radius 1 is 0.952 bits per heavy atom. The van der Waals surface area contributed by atoms with Crippen LogP contribution in [0.1, 0.15) is 0 Å². The monoisotopic (exact) mass is 307 g/mol. The maximum absolute atomic E-state index is 11.8. The van der Waals surface area contributed by atoms with Crippen LogP contribution in [-0.4, -0.2) is 20.3 Å². The molecule has 0 saturated carbocycles. The Labute approximate surface area is 127 Å². The normalized spacial score (nSPS) is 9.86. The van der Waals surface area contributed by atoms with Gasteiger partial charge in [-0.15, -0.1) is 0 Å². The Morgan fingerprint density at radius 3 is 2.10 bits per heavy atom. The molecule has 0 heterocycles. The SMILES string of the molecule is COc1ccc(OC(=O)Nc2ccc(OC)cc2Cl)cc1. The first-order chi connectivity index (χ1) is 10.1. The highest BCUT2D eigenvalue weighted by molar-refractivity contribution is 6.33. The van der Waals surface area contributed by atoms with Gasteiger partial charge in [-0.2, -0.15) is 0 Å². The smallest absolute Gasteiger partial charge is 0.417 e. The zero-order chi connectivity index (χ0) is 15.2. The molecule has 2 aromatic carbocycles. The lowest BCUT2D eigenvalue weighted by Crippen LogP contribution is -2.16. The van der Waals surface area contributed by atoms with Gasteiger partial charge in [0.1, 0.15) is 17.2 Å². The topological polar surface area (TPSA) is 56.8 Å². The summed E-state index contributed by atoms with van der Waals surface area (Å²) >= 11 is 6.03.